The second kappa shape index (κ2) is 8.57. The largest absolute Gasteiger partial charge is 0.376 e. The average Bonchev–Trinajstić information content (AvgIpc) is 3.05. The van der Waals surface area contributed by atoms with Crippen LogP contribution in [0.5, 0.6) is 0 Å². The molecule has 110 valence electrons. The molecular weight excluding hydrogens is 286 g/mol. The first-order valence-electron chi connectivity index (χ1n) is 7.12. The van der Waals surface area contributed by atoms with Gasteiger partial charge in [0, 0.05) is 27.6 Å². The van der Waals surface area contributed by atoms with E-state index in [0.717, 1.165) is 32.7 Å². The first kappa shape index (κ1) is 15.7. The Labute approximate surface area is 129 Å². The molecular formula is C16H23NOS2. The van der Waals surface area contributed by atoms with Crippen LogP contribution in [0.1, 0.15) is 28.5 Å². The van der Waals surface area contributed by atoms with E-state index in [1.807, 2.05) is 11.3 Å². The van der Waals surface area contributed by atoms with Gasteiger partial charge >= 0.3 is 0 Å². The standard InChI is InChI=1S/C16H23NOS2/c1-13(2)10-17-11-15-5-6-16(20-15)12-18-8-7-14-4-3-9-19-14/h3-6,9,13,17H,7-8,10-12H2,1-2H3. The van der Waals surface area contributed by atoms with Crippen LogP contribution in [0.2, 0.25) is 0 Å². The van der Waals surface area contributed by atoms with Crippen LogP contribution in [-0.2, 0) is 24.3 Å². The third-order valence-corrected chi connectivity index (χ3v) is 4.88. The van der Waals surface area contributed by atoms with E-state index in [4.69, 9.17) is 4.74 Å². The van der Waals surface area contributed by atoms with Gasteiger partial charge in [0.25, 0.3) is 0 Å². The Morgan fingerprint density at radius 1 is 1.15 bits per heavy atom. The lowest BCUT2D eigenvalue weighted by Gasteiger charge is -2.05. The van der Waals surface area contributed by atoms with Gasteiger partial charge in [0.15, 0.2) is 0 Å². The van der Waals surface area contributed by atoms with Gasteiger partial charge in [-0.05, 0) is 36.0 Å². The topological polar surface area (TPSA) is 21.3 Å². The molecule has 1 N–H and O–H groups in total. The fraction of sp³-hybridized carbons (Fsp3) is 0.500. The van der Waals surface area contributed by atoms with Gasteiger partial charge in [0.05, 0.1) is 13.2 Å². The van der Waals surface area contributed by atoms with Gasteiger partial charge < -0.3 is 10.1 Å². The van der Waals surface area contributed by atoms with Crippen LogP contribution in [0.15, 0.2) is 29.6 Å². The zero-order chi connectivity index (χ0) is 14.2. The van der Waals surface area contributed by atoms with Gasteiger partial charge in [-0.2, -0.15) is 0 Å². The summed E-state index contributed by atoms with van der Waals surface area (Å²) >= 11 is 3.65. The highest BCUT2D eigenvalue weighted by atomic mass is 32.1. The Morgan fingerprint density at radius 2 is 2.00 bits per heavy atom. The van der Waals surface area contributed by atoms with E-state index < -0.39 is 0 Å². The van der Waals surface area contributed by atoms with Crippen molar-refractivity contribution in [3.8, 4) is 0 Å². The van der Waals surface area contributed by atoms with Gasteiger partial charge in [-0.15, -0.1) is 22.7 Å². The Morgan fingerprint density at radius 3 is 2.75 bits per heavy atom. The summed E-state index contributed by atoms with van der Waals surface area (Å²) in [5.41, 5.74) is 0. The molecule has 0 saturated carbocycles. The first-order chi connectivity index (χ1) is 9.74. The van der Waals surface area contributed by atoms with Crippen molar-refractivity contribution in [2.45, 2.75) is 33.4 Å². The summed E-state index contributed by atoms with van der Waals surface area (Å²) in [5.74, 6) is 0.704. The fourth-order valence-electron chi connectivity index (χ4n) is 1.88. The lowest BCUT2D eigenvalue weighted by Crippen LogP contribution is -2.18. The molecule has 2 aromatic rings. The summed E-state index contributed by atoms with van der Waals surface area (Å²) in [6.45, 7) is 8.05. The third-order valence-electron chi connectivity index (χ3n) is 2.89. The minimum absolute atomic E-state index is 0.704. The SMILES string of the molecule is CC(C)CNCc1ccc(COCCc2cccs2)s1. The van der Waals surface area contributed by atoms with Gasteiger partial charge in [-0.25, -0.2) is 0 Å². The van der Waals surface area contributed by atoms with E-state index in [-0.39, 0.29) is 0 Å². The molecule has 0 aliphatic heterocycles. The van der Waals surface area contributed by atoms with Crippen molar-refractivity contribution in [2.75, 3.05) is 13.2 Å². The van der Waals surface area contributed by atoms with Crippen molar-refractivity contribution in [3.63, 3.8) is 0 Å². The summed E-state index contributed by atoms with van der Waals surface area (Å²) in [5, 5.41) is 5.59. The molecule has 0 bridgehead atoms. The number of hydrogen-bond acceptors (Lipinski definition) is 4. The molecule has 0 saturated heterocycles. The molecule has 2 rings (SSSR count). The minimum Gasteiger partial charge on any atom is -0.376 e. The van der Waals surface area contributed by atoms with Crippen LogP contribution >= 0.6 is 22.7 Å². The highest BCUT2D eigenvalue weighted by Gasteiger charge is 2.01. The zero-order valence-corrected chi connectivity index (χ0v) is 13.9. The second-order valence-corrected chi connectivity index (χ2v) is 7.56. The molecule has 2 aromatic heterocycles. The monoisotopic (exact) mass is 309 g/mol. The van der Waals surface area contributed by atoms with E-state index >= 15 is 0 Å². The number of ether oxygens (including phenoxy) is 1. The van der Waals surface area contributed by atoms with Gasteiger partial charge in [-0.3, -0.25) is 0 Å². The molecule has 20 heavy (non-hydrogen) atoms. The van der Waals surface area contributed by atoms with Crippen LogP contribution in [-0.4, -0.2) is 13.2 Å². The van der Waals surface area contributed by atoms with E-state index in [1.165, 1.54) is 14.6 Å². The van der Waals surface area contributed by atoms with Crippen LogP contribution < -0.4 is 5.32 Å². The maximum Gasteiger partial charge on any atom is 0.0809 e. The summed E-state index contributed by atoms with van der Waals surface area (Å²) in [4.78, 5) is 4.11. The Hall–Kier alpha value is -0.680. The molecule has 0 fully saturated rings. The van der Waals surface area contributed by atoms with Crippen LogP contribution in [0, 0.1) is 5.92 Å². The lowest BCUT2D eigenvalue weighted by molar-refractivity contribution is 0.126. The third kappa shape index (κ3) is 5.75. The number of rotatable bonds is 9. The lowest BCUT2D eigenvalue weighted by atomic mass is 10.2. The molecule has 4 heteroatoms. The van der Waals surface area contributed by atoms with Crippen molar-refractivity contribution in [1.29, 1.82) is 0 Å². The van der Waals surface area contributed by atoms with Gasteiger partial charge in [-0.1, -0.05) is 19.9 Å². The van der Waals surface area contributed by atoms with Gasteiger partial charge in [0.2, 0.25) is 0 Å². The molecule has 0 radical (unpaired) electrons. The molecule has 0 atom stereocenters. The molecule has 0 unspecified atom stereocenters. The van der Waals surface area contributed by atoms with E-state index in [2.05, 4.69) is 48.8 Å². The van der Waals surface area contributed by atoms with Crippen molar-refractivity contribution in [3.05, 3.63) is 44.3 Å². The van der Waals surface area contributed by atoms with Crippen LogP contribution in [0.3, 0.4) is 0 Å². The fourth-order valence-corrected chi connectivity index (χ4v) is 3.49. The molecule has 2 heterocycles. The van der Waals surface area contributed by atoms with Crippen LogP contribution in [0.4, 0.5) is 0 Å². The molecule has 0 aliphatic rings. The molecule has 0 spiro atoms. The summed E-state index contributed by atoms with van der Waals surface area (Å²) in [6, 6.07) is 8.64. The predicted molar refractivity (Wildman–Crippen MR) is 88.5 cm³/mol. The summed E-state index contributed by atoms with van der Waals surface area (Å²) < 4.78 is 5.75. The number of hydrogen-bond donors (Lipinski definition) is 1. The Balaban J connectivity index is 1.62. The van der Waals surface area contributed by atoms with Crippen molar-refractivity contribution < 1.29 is 4.74 Å². The maximum absolute atomic E-state index is 5.75. The number of thiophene rings is 2. The van der Waals surface area contributed by atoms with Crippen molar-refractivity contribution >= 4 is 22.7 Å². The van der Waals surface area contributed by atoms with Crippen molar-refractivity contribution in [2.24, 2.45) is 5.92 Å². The quantitative estimate of drug-likeness (QED) is 0.697. The molecule has 2 nitrogen and oxygen atoms in total. The Kier molecular flexibility index (Phi) is 6.73. The van der Waals surface area contributed by atoms with E-state index in [1.54, 1.807) is 11.3 Å². The predicted octanol–water partition coefficient (Wildman–Crippen LogP) is 4.31. The van der Waals surface area contributed by atoms with E-state index in [0.29, 0.717) is 5.92 Å². The first-order valence-corrected chi connectivity index (χ1v) is 8.82. The molecule has 0 aliphatic carbocycles. The molecule has 0 amide bonds. The number of nitrogens with one attached hydrogen (secondary N) is 1. The highest BCUT2D eigenvalue weighted by Crippen LogP contribution is 2.17. The van der Waals surface area contributed by atoms with Gasteiger partial charge in [0.1, 0.15) is 0 Å². The Bertz CT molecular complexity index is 476. The summed E-state index contributed by atoms with van der Waals surface area (Å²) in [6.07, 6.45) is 1.02. The van der Waals surface area contributed by atoms with Crippen molar-refractivity contribution in [1.82, 2.24) is 5.32 Å². The zero-order valence-electron chi connectivity index (χ0n) is 12.2. The minimum atomic E-state index is 0.704. The maximum atomic E-state index is 5.75. The normalized spacial score (nSPS) is 11.3. The smallest absolute Gasteiger partial charge is 0.0809 e. The molecule has 0 aromatic carbocycles. The average molecular weight is 309 g/mol. The second-order valence-electron chi connectivity index (χ2n) is 5.27. The van der Waals surface area contributed by atoms with Crippen LogP contribution in [0.25, 0.3) is 0 Å². The highest BCUT2D eigenvalue weighted by molar-refractivity contribution is 7.12. The van der Waals surface area contributed by atoms with E-state index in [9.17, 15) is 0 Å². The summed E-state index contributed by atoms with van der Waals surface area (Å²) in [7, 11) is 0.